The molecule has 0 aliphatic carbocycles. The van der Waals surface area contributed by atoms with Crippen LogP contribution in [0.15, 0.2) is 4.99 Å². The maximum Gasteiger partial charge on any atom is 1.00 e. The van der Waals surface area contributed by atoms with Crippen molar-refractivity contribution in [2.75, 3.05) is 6.61 Å². The number of fused-ring (bicyclic) bond motifs is 1. The van der Waals surface area contributed by atoms with Crippen LogP contribution in [0.4, 0.5) is 0 Å². The van der Waals surface area contributed by atoms with E-state index in [4.69, 9.17) is 18.9 Å². The first kappa shape index (κ1) is 22.9. The molecule has 148 valence electrons. The number of nitrogens with zero attached hydrogens (tertiary/aromatic N) is 1. The first-order valence-electron chi connectivity index (χ1n) is 7.96. The topological polar surface area (TPSA) is 191 Å². The average molecular weight is 401 g/mol. The molecule has 0 unspecified atom stereocenters. The number of aliphatic imine (C=N–C) groups is 1. The van der Waals surface area contributed by atoms with Crippen LogP contribution in [0.25, 0.3) is 0 Å². The summed E-state index contributed by atoms with van der Waals surface area (Å²) in [6.45, 7) is 0.973. The zero-order chi connectivity index (χ0) is 19.2. The van der Waals surface area contributed by atoms with E-state index < -0.39 is 73.9 Å². The van der Waals surface area contributed by atoms with E-state index in [1.165, 1.54) is 6.92 Å². The fourth-order valence-electron chi connectivity index (χ4n) is 3.16. The van der Waals surface area contributed by atoms with Gasteiger partial charge in [-0.25, -0.2) is 4.99 Å². The number of carbonyl (C=O) groups is 1. The Bertz CT molecular complexity index is 577. The van der Waals surface area contributed by atoms with E-state index in [2.05, 4.69) is 4.99 Å². The van der Waals surface area contributed by atoms with Gasteiger partial charge < -0.3 is 54.4 Å². The minimum absolute atomic E-state index is 0. The zero-order valence-corrected chi connectivity index (χ0v) is 16.6. The number of rotatable bonds is 4. The van der Waals surface area contributed by atoms with Gasteiger partial charge in [0.15, 0.2) is 12.2 Å². The van der Waals surface area contributed by atoms with Crippen LogP contribution in [-0.2, 0) is 23.7 Å². The normalized spacial score (nSPS) is 46.7. The second-order valence-electron chi connectivity index (χ2n) is 6.29. The number of carbonyl (C=O) groups excluding carboxylic acids is 1. The average Bonchev–Trinajstić information content (AvgIpc) is 2.96. The van der Waals surface area contributed by atoms with E-state index in [1.54, 1.807) is 0 Å². The summed E-state index contributed by atoms with van der Waals surface area (Å²) >= 11 is 0. The second-order valence-corrected chi connectivity index (χ2v) is 6.29. The first-order chi connectivity index (χ1) is 12.2. The Hall–Kier alpha value is -0.380. The van der Waals surface area contributed by atoms with E-state index in [9.17, 15) is 35.4 Å². The molecule has 3 rings (SSSR count). The fourth-order valence-corrected chi connectivity index (χ4v) is 3.16. The van der Waals surface area contributed by atoms with Gasteiger partial charge in [-0.05, 0) is 0 Å². The number of aliphatic hydroxyl groups excluding tert-OH is 5. The molecule has 0 amide bonds. The van der Waals surface area contributed by atoms with E-state index in [-0.39, 0.29) is 35.5 Å². The molecule has 0 bridgehead atoms. The third kappa shape index (κ3) is 4.31. The van der Waals surface area contributed by atoms with Gasteiger partial charge in [0, 0.05) is 6.92 Å². The molecule has 12 nitrogen and oxygen atoms in total. The van der Waals surface area contributed by atoms with Crippen molar-refractivity contribution in [3.05, 3.63) is 0 Å². The molecule has 0 radical (unpaired) electrons. The zero-order valence-electron chi connectivity index (χ0n) is 14.6. The molecule has 3 heterocycles. The SMILES string of the molecule is CC1=N[C@@H]2[C@H](O1)O[C@H](CO)[C@@H](O)[C@@H]2O[C@@H]1O[C@H](C(=O)[O-])[C@@H](O)[C@H](O)[C@H]1O.[Na+]. The number of carboxylic acids is 1. The van der Waals surface area contributed by atoms with Crippen LogP contribution in [0.3, 0.4) is 0 Å². The van der Waals surface area contributed by atoms with Gasteiger partial charge >= 0.3 is 29.6 Å². The number of carboxylic acid groups (broad SMARTS) is 1. The van der Waals surface area contributed by atoms with Crippen LogP contribution in [0, 0.1) is 0 Å². The van der Waals surface area contributed by atoms with E-state index in [0.29, 0.717) is 0 Å². The molecule has 27 heavy (non-hydrogen) atoms. The van der Waals surface area contributed by atoms with Crippen molar-refractivity contribution in [1.82, 2.24) is 0 Å². The molecule has 0 spiro atoms. The van der Waals surface area contributed by atoms with Gasteiger partial charge in [-0.3, -0.25) is 0 Å². The van der Waals surface area contributed by atoms with Gasteiger partial charge in [0.25, 0.3) is 0 Å². The molecule has 0 aromatic heterocycles. The third-order valence-corrected chi connectivity index (χ3v) is 4.53. The predicted octanol–water partition coefficient (Wildman–Crippen LogP) is -8.17. The smallest absolute Gasteiger partial charge is 0.547 e. The number of aliphatic hydroxyl groups is 5. The standard InChI is InChI=1S/C14H21NO11.Na/c1-3-15-5-10(6(17)4(2-16)24-13(5)23-3)25-14-9(20)7(18)8(19)11(26-14)12(21)22;/h4-11,13-14,16-20H,2H2,1H3,(H,21,22);/q;+1/p-1/t4-,5+,6-,7+,8+,9-,10-,11+,13-,14-;/m1./s1. The number of ether oxygens (including phenoxy) is 4. The number of aliphatic carboxylic acids is 1. The number of hydrogen-bond acceptors (Lipinski definition) is 12. The molecule has 2 fully saturated rings. The van der Waals surface area contributed by atoms with Crippen LogP contribution in [0.1, 0.15) is 6.92 Å². The Labute approximate surface area is 175 Å². The summed E-state index contributed by atoms with van der Waals surface area (Å²) in [4.78, 5) is 15.2. The molecule has 0 aromatic rings. The minimum Gasteiger partial charge on any atom is -0.547 e. The van der Waals surface area contributed by atoms with Gasteiger partial charge in [0.1, 0.15) is 48.8 Å². The quantitative estimate of drug-likeness (QED) is 0.281. The Morgan fingerprint density at radius 1 is 1.15 bits per heavy atom. The Balaban J connectivity index is 0.00000261. The summed E-state index contributed by atoms with van der Waals surface area (Å²) in [5.74, 6) is -1.57. The largest absolute Gasteiger partial charge is 1.00 e. The molecule has 5 N–H and O–H groups in total. The van der Waals surface area contributed by atoms with Gasteiger partial charge in [-0.15, -0.1) is 0 Å². The van der Waals surface area contributed by atoms with Crippen LogP contribution < -0.4 is 34.7 Å². The van der Waals surface area contributed by atoms with Gasteiger partial charge in [-0.2, -0.15) is 0 Å². The molecule has 0 aromatic carbocycles. The van der Waals surface area contributed by atoms with Crippen LogP contribution >= 0.6 is 0 Å². The summed E-state index contributed by atoms with van der Waals surface area (Å²) in [6.07, 6.45) is -14.0. The summed E-state index contributed by atoms with van der Waals surface area (Å²) < 4.78 is 21.2. The molecular weight excluding hydrogens is 381 g/mol. The van der Waals surface area contributed by atoms with Gasteiger partial charge in [0.2, 0.25) is 6.29 Å². The van der Waals surface area contributed by atoms with Crippen LogP contribution in [-0.4, -0.2) is 105 Å². The predicted molar refractivity (Wildman–Crippen MR) is 76.3 cm³/mol. The summed E-state index contributed by atoms with van der Waals surface area (Å²) in [5, 5.41) is 60.3. The monoisotopic (exact) mass is 401 g/mol. The van der Waals surface area contributed by atoms with E-state index in [0.717, 1.165) is 0 Å². The molecule has 0 saturated carbocycles. The Morgan fingerprint density at radius 2 is 1.81 bits per heavy atom. The van der Waals surface area contributed by atoms with Gasteiger partial charge in [0.05, 0.1) is 12.6 Å². The molecule has 2 saturated heterocycles. The first-order valence-corrected chi connectivity index (χ1v) is 7.96. The van der Waals surface area contributed by atoms with E-state index in [1.807, 2.05) is 0 Å². The molecule has 10 atom stereocenters. The third-order valence-electron chi connectivity index (χ3n) is 4.53. The van der Waals surface area contributed by atoms with Crippen molar-refractivity contribution in [2.45, 2.75) is 68.3 Å². The number of hydrogen-bond donors (Lipinski definition) is 5. The Kier molecular flexibility index (Phi) is 7.61. The van der Waals surface area contributed by atoms with Crippen molar-refractivity contribution in [3.63, 3.8) is 0 Å². The van der Waals surface area contributed by atoms with Crippen molar-refractivity contribution < 1.29 is 83.9 Å². The summed E-state index contributed by atoms with van der Waals surface area (Å²) in [6, 6.07) is -0.881. The maximum absolute atomic E-state index is 11.1. The maximum atomic E-state index is 11.1. The van der Waals surface area contributed by atoms with Crippen molar-refractivity contribution in [1.29, 1.82) is 0 Å². The van der Waals surface area contributed by atoms with Crippen LogP contribution in [0.5, 0.6) is 0 Å². The molecular formula is C14H20NNaO11. The van der Waals surface area contributed by atoms with E-state index >= 15 is 0 Å². The second kappa shape index (κ2) is 8.97. The summed E-state index contributed by atoms with van der Waals surface area (Å²) in [7, 11) is 0. The van der Waals surface area contributed by atoms with Crippen LogP contribution in [0.2, 0.25) is 0 Å². The molecule has 3 aliphatic heterocycles. The fraction of sp³-hybridized carbons (Fsp3) is 0.857. The molecule has 3 aliphatic rings. The van der Waals surface area contributed by atoms with Crippen molar-refractivity contribution >= 4 is 11.9 Å². The summed E-state index contributed by atoms with van der Waals surface area (Å²) in [5.41, 5.74) is 0. The van der Waals surface area contributed by atoms with Crippen molar-refractivity contribution in [2.24, 2.45) is 4.99 Å². The Morgan fingerprint density at radius 3 is 2.41 bits per heavy atom. The minimum atomic E-state index is -1.95. The van der Waals surface area contributed by atoms with Crippen molar-refractivity contribution in [3.8, 4) is 0 Å². The van der Waals surface area contributed by atoms with Gasteiger partial charge in [-0.1, -0.05) is 0 Å². The molecule has 13 heteroatoms.